The summed E-state index contributed by atoms with van der Waals surface area (Å²) in [6.45, 7) is 4.03. The zero-order valence-corrected chi connectivity index (χ0v) is 14.7. The maximum atomic E-state index is 10.9. The van der Waals surface area contributed by atoms with E-state index in [9.17, 15) is 5.11 Å². The lowest BCUT2D eigenvalue weighted by atomic mass is 9.78. The summed E-state index contributed by atoms with van der Waals surface area (Å²) in [7, 11) is 1.69. The molecule has 2 aromatic rings. The molecule has 0 saturated heterocycles. The van der Waals surface area contributed by atoms with Crippen LogP contribution in [0.4, 0.5) is 0 Å². The second-order valence-electron chi connectivity index (χ2n) is 5.69. The molecule has 112 valence electrons. The predicted molar refractivity (Wildman–Crippen MR) is 94.4 cm³/mol. The maximum absolute atomic E-state index is 10.9. The summed E-state index contributed by atoms with van der Waals surface area (Å²) in [5.41, 5.74) is 1.52. The molecule has 0 amide bonds. The van der Waals surface area contributed by atoms with Crippen LogP contribution in [-0.4, -0.2) is 17.8 Å². The Kier molecular flexibility index (Phi) is 5.41. The Morgan fingerprint density at radius 3 is 2.05 bits per heavy atom. The normalized spacial score (nSPS) is 14.7. The van der Waals surface area contributed by atoms with Gasteiger partial charge in [0.05, 0.1) is 11.7 Å². The fraction of sp³-hybridized carbons (Fsp3) is 0.333. The van der Waals surface area contributed by atoms with Crippen LogP contribution in [0.1, 0.15) is 37.0 Å². The van der Waals surface area contributed by atoms with Crippen LogP contribution in [0.15, 0.2) is 54.6 Å². The van der Waals surface area contributed by atoms with Gasteiger partial charge in [0.1, 0.15) is 0 Å². The Bertz CT molecular complexity index is 564. The summed E-state index contributed by atoms with van der Waals surface area (Å²) in [6, 6.07) is 18.0. The third kappa shape index (κ3) is 3.84. The number of hydrogen-bond acceptors (Lipinski definition) is 2. The zero-order valence-electron chi connectivity index (χ0n) is 12.6. The summed E-state index contributed by atoms with van der Waals surface area (Å²) in [6.07, 6.45) is -0.612. The molecule has 0 aliphatic heterocycles. The van der Waals surface area contributed by atoms with Crippen molar-refractivity contribution < 1.29 is 9.84 Å². The monoisotopic (exact) mass is 396 g/mol. The zero-order chi connectivity index (χ0) is 15.5. The van der Waals surface area contributed by atoms with Crippen LogP contribution in [0, 0.1) is 3.57 Å². The lowest BCUT2D eigenvalue weighted by molar-refractivity contribution is -0.0428. The second-order valence-corrected chi connectivity index (χ2v) is 6.94. The van der Waals surface area contributed by atoms with Gasteiger partial charge in [-0.05, 0) is 59.7 Å². The van der Waals surface area contributed by atoms with Gasteiger partial charge in [0.25, 0.3) is 0 Å². The van der Waals surface area contributed by atoms with E-state index in [0.29, 0.717) is 0 Å². The van der Waals surface area contributed by atoms with Crippen LogP contribution in [-0.2, 0) is 4.74 Å². The van der Waals surface area contributed by atoms with Crippen molar-refractivity contribution in [1.82, 2.24) is 0 Å². The first kappa shape index (κ1) is 16.5. The Morgan fingerprint density at radius 1 is 0.952 bits per heavy atom. The molecule has 0 spiro atoms. The first-order valence-electron chi connectivity index (χ1n) is 6.99. The van der Waals surface area contributed by atoms with Crippen LogP contribution in [0.3, 0.4) is 0 Å². The van der Waals surface area contributed by atoms with Crippen LogP contribution < -0.4 is 0 Å². The van der Waals surface area contributed by atoms with E-state index >= 15 is 0 Å². The van der Waals surface area contributed by atoms with E-state index in [4.69, 9.17) is 4.74 Å². The molecule has 3 heteroatoms. The lowest BCUT2D eigenvalue weighted by Crippen LogP contribution is -2.35. The molecular weight excluding hydrogens is 375 g/mol. The van der Waals surface area contributed by atoms with Crippen LogP contribution in [0.2, 0.25) is 0 Å². The van der Waals surface area contributed by atoms with Crippen molar-refractivity contribution >= 4 is 22.6 Å². The summed E-state index contributed by atoms with van der Waals surface area (Å²) in [5, 5.41) is 10.9. The van der Waals surface area contributed by atoms with E-state index < -0.39 is 11.7 Å². The predicted octanol–water partition coefficient (Wildman–Crippen LogP) is 4.53. The Morgan fingerprint density at radius 2 is 1.52 bits per heavy atom. The molecule has 0 saturated carbocycles. The minimum atomic E-state index is -0.612. The van der Waals surface area contributed by atoms with Crippen molar-refractivity contribution in [2.24, 2.45) is 0 Å². The van der Waals surface area contributed by atoms with Gasteiger partial charge in [-0.1, -0.05) is 42.5 Å². The third-order valence-electron chi connectivity index (χ3n) is 3.96. The second kappa shape index (κ2) is 6.90. The van der Waals surface area contributed by atoms with Gasteiger partial charge in [0.2, 0.25) is 0 Å². The number of aliphatic hydroxyl groups is 1. The van der Waals surface area contributed by atoms with Crippen molar-refractivity contribution in [1.29, 1.82) is 0 Å². The number of hydrogen-bond donors (Lipinski definition) is 1. The molecule has 0 fully saturated rings. The summed E-state index contributed by atoms with van der Waals surface area (Å²) >= 11 is 2.27. The van der Waals surface area contributed by atoms with Crippen molar-refractivity contribution in [2.75, 3.05) is 7.11 Å². The van der Waals surface area contributed by atoms with Gasteiger partial charge < -0.3 is 9.84 Å². The van der Waals surface area contributed by atoms with Gasteiger partial charge in [-0.15, -0.1) is 0 Å². The number of benzene rings is 2. The molecule has 0 bridgehead atoms. The number of rotatable bonds is 5. The number of aliphatic hydroxyl groups excluding tert-OH is 1. The minimum absolute atomic E-state index is 0.135. The largest absolute Gasteiger partial charge is 0.388 e. The number of halogens is 1. The first-order chi connectivity index (χ1) is 9.95. The van der Waals surface area contributed by atoms with E-state index in [-0.39, 0.29) is 5.92 Å². The molecule has 2 nitrogen and oxygen atoms in total. The van der Waals surface area contributed by atoms with Gasteiger partial charge in [-0.3, -0.25) is 0 Å². The molecular formula is C18H21IO2. The molecule has 0 heterocycles. The van der Waals surface area contributed by atoms with Crippen molar-refractivity contribution in [2.45, 2.75) is 31.5 Å². The number of ether oxygens (including phenoxy) is 1. The molecule has 0 aromatic heterocycles. The molecule has 0 radical (unpaired) electrons. The van der Waals surface area contributed by atoms with Gasteiger partial charge in [-0.2, -0.15) is 0 Å². The van der Waals surface area contributed by atoms with Gasteiger partial charge in [-0.25, -0.2) is 0 Å². The topological polar surface area (TPSA) is 29.5 Å². The SMILES string of the molecule is COC(C)(C)[C@@H](c1ccccc1)[C@H](O)c1ccc(I)cc1. The highest BCUT2D eigenvalue weighted by atomic mass is 127. The van der Waals surface area contributed by atoms with Gasteiger partial charge >= 0.3 is 0 Å². The van der Waals surface area contributed by atoms with Crippen LogP contribution in [0.5, 0.6) is 0 Å². The molecule has 0 aliphatic carbocycles. The third-order valence-corrected chi connectivity index (χ3v) is 4.68. The minimum Gasteiger partial charge on any atom is -0.388 e. The lowest BCUT2D eigenvalue weighted by Gasteiger charge is -2.37. The highest BCUT2D eigenvalue weighted by Gasteiger charge is 2.37. The molecule has 0 unspecified atom stereocenters. The van der Waals surface area contributed by atoms with E-state index in [0.717, 1.165) is 14.7 Å². The van der Waals surface area contributed by atoms with E-state index in [2.05, 4.69) is 22.6 Å². The quantitative estimate of drug-likeness (QED) is 0.753. The van der Waals surface area contributed by atoms with Crippen LogP contribution >= 0.6 is 22.6 Å². The Hall–Kier alpha value is -0.910. The highest BCUT2D eigenvalue weighted by Crippen LogP contribution is 2.40. The Balaban J connectivity index is 2.42. The molecule has 0 aliphatic rings. The summed E-state index contributed by atoms with van der Waals surface area (Å²) in [4.78, 5) is 0. The summed E-state index contributed by atoms with van der Waals surface area (Å²) in [5.74, 6) is -0.135. The first-order valence-corrected chi connectivity index (χ1v) is 8.07. The fourth-order valence-corrected chi connectivity index (χ4v) is 2.96. The average molecular weight is 396 g/mol. The van der Waals surface area contributed by atoms with E-state index in [1.807, 2.05) is 68.4 Å². The molecule has 2 atom stereocenters. The maximum Gasteiger partial charge on any atom is 0.0886 e. The highest BCUT2D eigenvalue weighted by molar-refractivity contribution is 14.1. The standard InChI is InChI=1S/C18H21IO2/c1-18(2,21-3)16(13-7-5-4-6-8-13)17(20)14-9-11-15(19)12-10-14/h4-12,16-17,20H,1-3H3/t16-,17+/m0/s1. The smallest absolute Gasteiger partial charge is 0.0886 e. The molecule has 21 heavy (non-hydrogen) atoms. The van der Waals surface area contributed by atoms with Crippen molar-refractivity contribution in [3.8, 4) is 0 Å². The van der Waals surface area contributed by atoms with Gasteiger partial charge in [0.15, 0.2) is 0 Å². The molecule has 1 N–H and O–H groups in total. The summed E-state index contributed by atoms with van der Waals surface area (Å²) < 4.78 is 6.82. The average Bonchev–Trinajstić information content (AvgIpc) is 2.49. The molecule has 2 aromatic carbocycles. The fourth-order valence-electron chi connectivity index (χ4n) is 2.60. The Labute approximate surface area is 140 Å². The van der Waals surface area contributed by atoms with Gasteiger partial charge in [0, 0.05) is 16.6 Å². The van der Waals surface area contributed by atoms with Crippen molar-refractivity contribution in [3.63, 3.8) is 0 Å². The number of methoxy groups -OCH3 is 1. The van der Waals surface area contributed by atoms with E-state index in [1.54, 1.807) is 7.11 Å². The van der Waals surface area contributed by atoms with Crippen molar-refractivity contribution in [3.05, 3.63) is 69.3 Å². The van der Waals surface area contributed by atoms with E-state index in [1.165, 1.54) is 0 Å². The van der Waals surface area contributed by atoms with Crippen LogP contribution in [0.25, 0.3) is 0 Å². The molecule has 2 rings (SSSR count).